The third-order valence-corrected chi connectivity index (χ3v) is 6.62. The fourth-order valence-corrected chi connectivity index (χ4v) is 5.47. The van der Waals surface area contributed by atoms with Crippen molar-refractivity contribution in [2.24, 2.45) is 0 Å². The number of rotatable bonds is 3. The van der Waals surface area contributed by atoms with Crippen LogP contribution in [0.15, 0.2) is 23.1 Å². The summed E-state index contributed by atoms with van der Waals surface area (Å²) in [7, 11) is -3.55. The Hall–Kier alpha value is -0.980. The summed E-state index contributed by atoms with van der Waals surface area (Å²) in [6.07, 6.45) is 3.92. The predicted molar refractivity (Wildman–Crippen MR) is 79.1 cm³/mol. The van der Waals surface area contributed by atoms with Gasteiger partial charge in [0.05, 0.1) is 4.90 Å². The summed E-state index contributed by atoms with van der Waals surface area (Å²) in [5, 5.41) is 3.41. The number of benzene rings is 1. The highest BCUT2D eigenvalue weighted by molar-refractivity contribution is 7.89. The van der Waals surface area contributed by atoms with Crippen LogP contribution in [0.3, 0.4) is 0 Å². The smallest absolute Gasteiger partial charge is 0.243 e. The molecule has 2 heterocycles. The van der Waals surface area contributed by atoms with E-state index in [2.05, 4.69) is 5.32 Å². The molecule has 4 nitrogen and oxygen atoms in total. The van der Waals surface area contributed by atoms with E-state index in [9.17, 15) is 12.8 Å². The van der Waals surface area contributed by atoms with E-state index in [-0.39, 0.29) is 17.0 Å². The molecule has 0 aliphatic carbocycles. The summed E-state index contributed by atoms with van der Waals surface area (Å²) in [5.41, 5.74) is 0.472. The molecule has 0 amide bonds. The number of nitrogens with one attached hydrogen (secondary N) is 1. The molecular formula is C15H21FN2O2S. The van der Waals surface area contributed by atoms with E-state index in [1.54, 1.807) is 11.2 Å². The Labute approximate surface area is 125 Å². The molecular weight excluding hydrogens is 291 g/mol. The van der Waals surface area contributed by atoms with Crippen LogP contribution in [-0.4, -0.2) is 37.9 Å². The Morgan fingerprint density at radius 3 is 2.76 bits per heavy atom. The minimum absolute atomic E-state index is 0.0296. The number of halogens is 1. The van der Waals surface area contributed by atoms with Gasteiger partial charge in [-0.25, -0.2) is 12.8 Å². The maximum Gasteiger partial charge on any atom is 0.243 e. The monoisotopic (exact) mass is 312 g/mol. The minimum Gasteiger partial charge on any atom is -0.312 e. The van der Waals surface area contributed by atoms with Gasteiger partial charge in [-0.05, 0) is 62.9 Å². The number of sulfonamides is 1. The second-order valence-electron chi connectivity index (χ2n) is 5.94. The zero-order valence-corrected chi connectivity index (χ0v) is 13.0. The minimum atomic E-state index is -3.55. The van der Waals surface area contributed by atoms with Crippen LogP contribution in [0.5, 0.6) is 0 Å². The summed E-state index contributed by atoms with van der Waals surface area (Å²) >= 11 is 0. The van der Waals surface area contributed by atoms with E-state index in [0.717, 1.165) is 32.2 Å². The maximum atomic E-state index is 13.2. The van der Waals surface area contributed by atoms with E-state index >= 15 is 0 Å². The Kier molecular flexibility index (Phi) is 4.03. The number of hydrogen-bond acceptors (Lipinski definition) is 3. The first-order valence-corrected chi connectivity index (χ1v) is 8.95. The zero-order chi connectivity index (χ0) is 15.0. The number of nitrogens with zero attached hydrogens (tertiary/aromatic N) is 1. The summed E-state index contributed by atoms with van der Waals surface area (Å²) in [5.74, 6) is -0.401. The topological polar surface area (TPSA) is 49.4 Å². The van der Waals surface area contributed by atoms with Crippen LogP contribution in [0.4, 0.5) is 4.39 Å². The lowest BCUT2D eigenvalue weighted by atomic mass is 10.1. The van der Waals surface area contributed by atoms with Crippen molar-refractivity contribution in [3.8, 4) is 0 Å². The quantitative estimate of drug-likeness (QED) is 0.929. The van der Waals surface area contributed by atoms with Crippen LogP contribution in [-0.2, 0) is 10.0 Å². The molecule has 0 aromatic heterocycles. The van der Waals surface area contributed by atoms with E-state index in [4.69, 9.17) is 0 Å². The second-order valence-corrected chi connectivity index (χ2v) is 7.80. The van der Waals surface area contributed by atoms with Crippen molar-refractivity contribution in [1.29, 1.82) is 0 Å². The van der Waals surface area contributed by atoms with Crippen LogP contribution in [0.1, 0.15) is 31.2 Å². The van der Waals surface area contributed by atoms with Crippen molar-refractivity contribution >= 4 is 10.0 Å². The molecule has 0 radical (unpaired) electrons. The van der Waals surface area contributed by atoms with Crippen LogP contribution >= 0.6 is 0 Å². The molecule has 0 spiro atoms. The van der Waals surface area contributed by atoms with Crippen molar-refractivity contribution in [2.45, 2.75) is 49.6 Å². The molecule has 2 saturated heterocycles. The lowest BCUT2D eigenvalue weighted by Gasteiger charge is -2.29. The van der Waals surface area contributed by atoms with Crippen molar-refractivity contribution in [3.63, 3.8) is 0 Å². The molecule has 3 rings (SSSR count). The van der Waals surface area contributed by atoms with Crippen LogP contribution < -0.4 is 5.32 Å². The van der Waals surface area contributed by atoms with Gasteiger partial charge < -0.3 is 5.32 Å². The maximum absolute atomic E-state index is 13.2. The van der Waals surface area contributed by atoms with Gasteiger partial charge in [0.1, 0.15) is 5.82 Å². The molecule has 2 fully saturated rings. The third kappa shape index (κ3) is 2.72. The summed E-state index contributed by atoms with van der Waals surface area (Å²) < 4.78 is 40.7. The fraction of sp³-hybridized carbons (Fsp3) is 0.600. The van der Waals surface area contributed by atoms with Gasteiger partial charge >= 0.3 is 0 Å². The average Bonchev–Trinajstić information content (AvgIpc) is 3.09. The summed E-state index contributed by atoms with van der Waals surface area (Å²) in [6, 6.07) is 4.17. The van der Waals surface area contributed by atoms with Crippen molar-refractivity contribution in [2.75, 3.05) is 13.1 Å². The molecule has 116 valence electrons. The molecule has 0 saturated carbocycles. The normalized spacial score (nSPS) is 27.3. The first kappa shape index (κ1) is 14.9. The van der Waals surface area contributed by atoms with Crippen LogP contribution in [0.2, 0.25) is 0 Å². The molecule has 21 heavy (non-hydrogen) atoms. The molecule has 6 heteroatoms. The Bertz CT molecular complexity index is 627. The van der Waals surface area contributed by atoms with Gasteiger partial charge in [-0.1, -0.05) is 0 Å². The van der Waals surface area contributed by atoms with Gasteiger partial charge in [0, 0.05) is 18.6 Å². The van der Waals surface area contributed by atoms with Gasteiger partial charge in [0.2, 0.25) is 10.0 Å². The Morgan fingerprint density at radius 1 is 1.29 bits per heavy atom. The average molecular weight is 312 g/mol. The molecule has 2 aliphatic heterocycles. The van der Waals surface area contributed by atoms with Crippen molar-refractivity contribution in [1.82, 2.24) is 9.62 Å². The fourth-order valence-electron chi connectivity index (χ4n) is 3.53. The summed E-state index contributed by atoms with van der Waals surface area (Å²) in [6.45, 7) is 3.17. The molecule has 2 atom stereocenters. The van der Waals surface area contributed by atoms with E-state index in [1.165, 1.54) is 18.2 Å². The molecule has 1 N–H and O–H groups in total. The first-order valence-electron chi connectivity index (χ1n) is 7.51. The molecule has 2 aliphatic rings. The highest BCUT2D eigenvalue weighted by Gasteiger charge is 2.40. The van der Waals surface area contributed by atoms with Crippen molar-refractivity contribution < 1.29 is 12.8 Å². The van der Waals surface area contributed by atoms with E-state index < -0.39 is 15.8 Å². The third-order valence-electron chi connectivity index (χ3n) is 4.53. The first-order chi connectivity index (χ1) is 10.00. The predicted octanol–water partition coefficient (Wildman–Crippen LogP) is 2.04. The largest absolute Gasteiger partial charge is 0.312 e. The lowest BCUT2D eigenvalue weighted by molar-refractivity contribution is 0.322. The highest BCUT2D eigenvalue weighted by Crippen LogP contribution is 2.31. The number of hydrogen-bond donors (Lipinski definition) is 1. The molecule has 1 aromatic carbocycles. The second kappa shape index (κ2) is 5.66. The SMILES string of the molecule is Cc1cc(F)ccc1S(=O)(=O)N1CCCC1C1CCCN1. The zero-order valence-electron chi connectivity index (χ0n) is 12.2. The molecule has 2 unspecified atom stereocenters. The summed E-state index contributed by atoms with van der Waals surface area (Å²) in [4.78, 5) is 0.230. The van der Waals surface area contributed by atoms with E-state index in [0.29, 0.717) is 12.1 Å². The van der Waals surface area contributed by atoms with Gasteiger partial charge in [0.25, 0.3) is 0 Å². The van der Waals surface area contributed by atoms with Gasteiger partial charge in [-0.2, -0.15) is 4.31 Å². The van der Waals surface area contributed by atoms with Gasteiger partial charge in [0.15, 0.2) is 0 Å². The lowest BCUT2D eigenvalue weighted by Crippen LogP contribution is -2.46. The standard InChI is InChI=1S/C15H21FN2O2S/c1-11-10-12(16)6-7-15(11)21(19,20)18-9-3-5-14(18)13-4-2-8-17-13/h6-7,10,13-14,17H,2-5,8-9H2,1H3. The molecule has 1 aromatic rings. The van der Waals surface area contributed by atoms with Gasteiger partial charge in [-0.15, -0.1) is 0 Å². The molecule has 0 bridgehead atoms. The van der Waals surface area contributed by atoms with Crippen LogP contribution in [0, 0.1) is 12.7 Å². The number of aryl methyl sites for hydroxylation is 1. The van der Waals surface area contributed by atoms with Crippen molar-refractivity contribution in [3.05, 3.63) is 29.6 Å². The Balaban J connectivity index is 1.93. The van der Waals surface area contributed by atoms with E-state index in [1.807, 2.05) is 0 Å². The van der Waals surface area contributed by atoms with Gasteiger partial charge in [-0.3, -0.25) is 0 Å². The Morgan fingerprint density at radius 2 is 2.10 bits per heavy atom. The van der Waals surface area contributed by atoms with Crippen LogP contribution in [0.25, 0.3) is 0 Å². The highest BCUT2D eigenvalue weighted by atomic mass is 32.2.